The van der Waals surface area contributed by atoms with Gasteiger partial charge in [0.15, 0.2) is 0 Å². The first-order valence-electron chi connectivity index (χ1n) is 7.33. The topological polar surface area (TPSA) is 0 Å². The zero-order valence-electron chi connectivity index (χ0n) is 12.9. The van der Waals surface area contributed by atoms with Crippen molar-refractivity contribution in [3.05, 3.63) is 60.2 Å². The summed E-state index contributed by atoms with van der Waals surface area (Å²) in [5, 5.41) is -1.18. The van der Waals surface area contributed by atoms with Crippen LogP contribution in [0.2, 0.25) is 0 Å². The lowest BCUT2D eigenvalue weighted by Crippen LogP contribution is -2.31. The van der Waals surface area contributed by atoms with E-state index in [9.17, 15) is 13.2 Å². The van der Waals surface area contributed by atoms with Gasteiger partial charge < -0.3 is 0 Å². The first-order chi connectivity index (χ1) is 10.7. The van der Waals surface area contributed by atoms with E-state index in [1.807, 2.05) is 30.3 Å². The Morgan fingerprint density at radius 3 is 1.87 bits per heavy atom. The van der Waals surface area contributed by atoms with Crippen molar-refractivity contribution in [1.29, 1.82) is 0 Å². The highest BCUT2D eigenvalue weighted by Crippen LogP contribution is 2.45. The van der Waals surface area contributed by atoms with E-state index in [0.717, 1.165) is 11.1 Å². The fourth-order valence-electron chi connectivity index (χ4n) is 2.54. The average molecular weight is 342 g/mol. The van der Waals surface area contributed by atoms with Crippen molar-refractivity contribution in [3.63, 3.8) is 0 Å². The Kier molecular flexibility index (Phi) is 5.40. The summed E-state index contributed by atoms with van der Waals surface area (Å²) < 4.78 is 52.9. The smallest absolute Gasteiger partial charge is 0.238 e. The van der Waals surface area contributed by atoms with Gasteiger partial charge in [0.1, 0.15) is 5.67 Å². The lowest BCUT2D eigenvalue weighted by atomic mass is 9.91. The van der Waals surface area contributed by atoms with E-state index < -0.39 is 16.4 Å². The second-order valence-corrected chi connectivity index (χ2v) is 6.75. The molecule has 2 aromatic rings. The normalized spacial score (nSPS) is 15.9. The molecule has 0 bridgehead atoms. The van der Waals surface area contributed by atoms with Crippen LogP contribution in [0.3, 0.4) is 0 Å². The van der Waals surface area contributed by atoms with Crippen molar-refractivity contribution in [1.82, 2.24) is 0 Å². The van der Waals surface area contributed by atoms with Gasteiger partial charge in [0.2, 0.25) is 0 Å². The number of thioether (sulfide) groups is 1. The van der Waals surface area contributed by atoms with Crippen LogP contribution in [0, 0.1) is 0 Å². The predicted octanol–water partition coefficient (Wildman–Crippen LogP) is 6.57. The van der Waals surface area contributed by atoms with E-state index in [2.05, 4.69) is 0 Å². The molecule has 0 aliphatic heterocycles. The lowest BCUT2D eigenvalue weighted by Gasteiger charge is -2.30. The Balaban J connectivity index is 2.26. The molecular formula is C18H18F4S. The first-order valence-corrected chi connectivity index (χ1v) is 8.21. The molecule has 2 atom stereocenters. The summed E-state index contributed by atoms with van der Waals surface area (Å²) in [6.45, 7) is 2.79. The third-order valence-electron chi connectivity index (χ3n) is 3.81. The molecule has 2 aromatic carbocycles. The molecule has 0 unspecified atom stereocenters. The van der Waals surface area contributed by atoms with Gasteiger partial charge >= 0.3 is 5.51 Å². The quantitative estimate of drug-likeness (QED) is 0.554. The van der Waals surface area contributed by atoms with E-state index in [1.165, 1.54) is 6.92 Å². The van der Waals surface area contributed by atoms with E-state index in [1.54, 1.807) is 31.2 Å². The fraction of sp³-hybridized carbons (Fsp3) is 0.333. The van der Waals surface area contributed by atoms with Crippen LogP contribution >= 0.6 is 11.8 Å². The van der Waals surface area contributed by atoms with Crippen LogP contribution in [-0.2, 0) is 5.67 Å². The molecule has 5 heteroatoms. The van der Waals surface area contributed by atoms with Gasteiger partial charge in [-0.2, -0.15) is 13.2 Å². The molecule has 0 nitrogen and oxygen atoms in total. The van der Waals surface area contributed by atoms with Crippen molar-refractivity contribution in [2.45, 2.75) is 36.7 Å². The van der Waals surface area contributed by atoms with Gasteiger partial charge in [0, 0.05) is 0 Å². The Labute approximate surface area is 137 Å². The first kappa shape index (κ1) is 17.9. The van der Waals surface area contributed by atoms with Gasteiger partial charge in [-0.3, -0.25) is 0 Å². The highest BCUT2D eigenvalue weighted by Gasteiger charge is 2.43. The molecule has 0 fully saturated rings. The minimum atomic E-state index is -4.45. The molecule has 0 saturated carbocycles. The zero-order valence-corrected chi connectivity index (χ0v) is 13.7. The molecule has 0 spiro atoms. The molecule has 0 aliphatic carbocycles. The molecule has 0 radical (unpaired) electrons. The number of rotatable bonds is 5. The van der Waals surface area contributed by atoms with Gasteiger partial charge in [-0.25, -0.2) is 4.39 Å². The van der Waals surface area contributed by atoms with E-state index in [0.29, 0.717) is 0 Å². The second-order valence-electron chi connectivity index (χ2n) is 5.48. The Bertz CT molecular complexity index is 618. The summed E-state index contributed by atoms with van der Waals surface area (Å²) in [6.07, 6.45) is 0.0949. The van der Waals surface area contributed by atoms with Crippen LogP contribution in [0.1, 0.15) is 25.8 Å². The summed E-state index contributed by atoms with van der Waals surface area (Å²) in [6, 6.07) is 16.2. The predicted molar refractivity (Wildman–Crippen MR) is 88.1 cm³/mol. The van der Waals surface area contributed by atoms with E-state index in [-0.39, 0.29) is 23.7 Å². The maximum atomic E-state index is 15.0. The average Bonchev–Trinajstić information content (AvgIpc) is 2.52. The summed E-state index contributed by atoms with van der Waals surface area (Å²) in [7, 11) is 0. The minimum Gasteiger partial charge on any atom is -0.238 e. The molecule has 0 aliphatic rings. The van der Waals surface area contributed by atoms with Gasteiger partial charge in [-0.05, 0) is 41.8 Å². The molecule has 0 N–H and O–H groups in total. The molecule has 0 heterocycles. The third kappa shape index (κ3) is 4.50. The molecule has 124 valence electrons. The molecule has 23 heavy (non-hydrogen) atoms. The summed E-state index contributed by atoms with van der Waals surface area (Å²) >= 11 is -0.271. The summed E-state index contributed by atoms with van der Waals surface area (Å²) in [4.78, 5) is 0. The zero-order chi connectivity index (χ0) is 17.1. The molecule has 0 aromatic heterocycles. The number of halogens is 4. The maximum absolute atomic E-state index is 15.0. The lowest BCUT2D eigenvalue weighted by molar-refractivity contribution is -0.0348. The fourth-order valence-corrected chi connectivity index (χ4v) is 3.39. The monoisotopic (exact) mass is 342 g/mol. The number of benzene rings is 2. The van der Waals surface area contributed by atoms with Crippen LogP contribution in [0.4, 0.5) is 17.6 Å². The molecule has 0 saturated heterocycles. The largest absolute Gasteiger partial charge is 0.442 e. The molecule has 0 amide bonds. The van der Waals surface area contributed by atoms with Gasteiger partial charge in [-0.1, -0.05) is 61.5 Å². The standard InChI is InChI=1S/C18H18F4S/c1-3-16(23-18(20,21)22)17(2,19)15-11-9-14(10-12-15)13-7-5-4-6-8-13/h4-12,16H,3H2,1-2H3/t16-,17+/m0/s1. The third-order valence-corrected chi connectivity index (χ3v) is 5.14. The van der Waals surface area contributed by atoms with Crippen molar-refractivity contribution < 1.29 is 17.6 Å². The van der Waals surface area contributed by atoms with Gasteiger partial charge in [0.05, 0.1) is 5.25 Å². The highest BCUT2D eigenvalue weighted by atomic mass is 32.2. The highest BCUT2D eigenvalue weighted by molar-refractivity contribution is 8.00. The Morgan fingerprint density at radius 1 is 0.870 bits per heavy atom. The van der Waals surface area contributed by atoms with Crippen molar-refractivity contribution in [3.8, 4) is 11.1 Å². The van der Waals surface area contributed by atoms with Crippen molar-refractivity contribution >= 4 is 11.8 Å². The minimum absolute atomic E-state index is 0.0949. The van der Waals surface area contributed by atoms with Crippen LogP contribution < -0.4 is 0 Å². The van der Waals surface area contributed by atoms with Crippen LogP contribution in [0.25, 0.3) is 11.1 Å². The Morgan fingerprint density at radius 2 is 1.39 bits per heavy atom. The van der Waals surface area contributed by atoms with Crippen LogP contribution in [0.15, 0.2) is 54.6 Å². The second kappa shape index (κ2) is 6.95. The SMILES string of the molecule is CC[C@H](SC(F)(F)F)[C@](C)(F)c1ccc(-c2ccccc2)cc1. The summed E-state index contributed by atoms with van der Waals surface area (Å²) in [5.74, 6) is 0. The Hall–Kier alpha value is -1.49. The number of alkyl halides is 4. The summed E-state index contributed by atoms with van der Waals surface area (Å²) in [5.41, 5.74) is -4.35. The van der Waals surface area contributed by atoms with E-state index >= 15 is 4.39 Å². The number of hydrogen-bond acceptors (Lipinski definition) is 1. The van der Waals surface area contributed by atoms with Crippen LogP contribution in [0.5, 0.6) is 0 Å². The van der Waals surface area contributed by atoms with E-state index in [4.69, 9.17) is 0 Å². The van der Waals surface area contributed by atoms with Gasteiger partial charge in [0.25, 0.3) is 0 Å². The van der Waals surface area contributed by atoms with Crippen molar-refractivity contribution in [2.75, 3.05) is 0 Å². The molecule has 2 rings (SSSR count). The molecular weight excluding hydrogens is 324 g/mol. The van der Waals surface area contributed by atoms with Gasteiger partial charge in [-0.15, -0.1) is 0 Å². The maximum Gasteiger partial charge on any atom is 0.442 e. The number of hydrogen-bond donors (Lipinski definition) is 0. The van der Waals surface area contributed by atoms with Crippen molar-refractivity contribution in [2.24, 2.45) is 0 Å². The van der Waals surface area contributed by atoms with Crippen LogP contribution in [-0.4, -0.2) is 10.8 Å².